The van der Waals surface area contributed by atoms with Crippen LogP contribution in [-0.2, 0) is 20.8 Å². The predicted octanol–water partition coefficient (Wildman–Crippen LogP) is 0.354. The zero-order valence-corrected chi connectivity index (χ0v) is 11.9. The van der Waals surface area contributed by atoms with E-state index in [1.165, 1.54) is 0 Å². The number of benzene rings is 1. The van der Waals surface area contributed by atoms with Crippen LogP contribution in [-0.4, -0.2) is 23.8 Å². The molecule has 0 saturated heterocycles. The normalized spacial score (nSPS) is 13.4. The summed E-state index contributed by atoms with van der Waals surface area (Å²) in [5, 5.41) is 2.54. The minimum absolute atomic E-state index is 0.111. The van der Waals surface area contributed by atoms with Gasteiger partial charge in [-0.3, -0.25) is 25.2 Å². The average Bonchev–Trinajstić information content (AvgIpc) is 3.26. The van der Waals surface area contributed by atoms with Crippen molar-refractivity contribution >= 4 is 17.7 Å². The van der Waals surface area contributed by atoms with Crippen molar-refractivity contribution in [3.63, 3.8) is 0 Å². The molecule has 1 aliphatic rings. The molecule has 0 aliphatic heterocycles. The van der Waals surface area contributed by atoms with Gasteiger partial charge in [-0.15, -0.1) is 0 Å². The molecular weight excluding hydrogens is 270 g/mol. The molecule has 6 heteroatoms. The minimum Gasteiger partial charge on any atom is -0.345 e. The molecule has 1 saturated carbocycles. The van der Waals surface area contributed by atoms with E-state index in [1.54, 1.807) is 0 Å². The van der Waals surface area contributed by atoms with Crippen molar-refractivity contribution < 1.29 is 14.4 Å². The highest BCUT2D eigenvalue weighted by Gasteiger charge is 2.26. The number of carbonyl (C=O) groups is 3. The Bertz CT molecular complexity index is 553. The van der Waals surface area contributed by atoms with Crippen LogP contribution in [0.4, 0.5) is 0 Å². The molecule has 2 rings (SSSR count). The van der Waals surface area contributed by atoms with Gasteiger partial charge < -0.3 is 5.32 Å². The fourth-order valence-corrected chi connectivity index (χ4v) is 1.85. The van der Waals surface area contributed by atoms with Gasteiger partial charge in [0.25, 0.3) is 0 Å². The lowest BCUT2D eigenvalue weighted by molar-refractivity contribution is -0.141. The largest absolute Gasteiger partial charge is 0.345 e. The van der Waals surface area contributed by atoms with Crippen molar-refractivity contribution in [1.82, 2.24) is 16.2 Å². The number of carbonyl (C=O) groups excluding carboxylic acids is 3. The zero-order valence-electron chi connectivity index (χ0n) is 11.9. The first kappa shape index (κ1) is 15.0. The van der Waals surface area contributed by atoms with Gasteiger partial charge in [-0.05, 0) is 31.7 Å². The predicted molar refractivity (Wildman–Crippen MR) is 77.0 cm³/mol. The van der Waals surface area contributed by atoms with Crippen molar-refractivity contribution in [2.24, 2.45) is 0 Å². The fraction of sp³-hybridized carbons (Fsp3) is 0.400. The van der Waals surface area contributed by atoms with Gasteiger partial charge in [0.05, 0.1) is 0 Å². The summed E-state index contributed by atoms with van der Waals surface area (Å²) in [6.45, 7) is 1.99. The van der Waals surface area contributed by atoms with E-state index in [-0.39, 0.29) is 18.4 Å². The highest BCUT2D eigenvalue weighted by molar-refractivity contribution is 6.35. The van der Waals surface area contributed by atoms with E-state index in [0.29, 0.717) is 6.42 Å². The maximum Gasteiger partial charge on any atom is 0.327 e. The van der Waals surface area contributed by atoms with Gasteiger partial charge in [-0.2, -0.15) is 0 Å². The zero-order chi connectivity index (χ0) is 15.2. The molecule has 21 heavy (non-hydrogen) atoms. The highest BCUT2D eigenvalue weighted by Crippen LogP contribution is 2.18. The van der Waals surface area contributed by atoms with Gasteiger partial charge >= 0.3 is 11.8 Å². The number of hydrogen-bond donors (Lipinski definition) is 3. The van der Waals surface area contributed by atoms with E-state index in [2.05, 4.69) is 16.2 Å². The lowest BCUT2D eigenvalue weighted by Crippen LogP contribution is -2.49. The van der Waals surface area contributed by atoms with Gasteiger partial charge in [0.1, 0.15) is 0 Å². The molecule has 0 heterocycles. The van der Waals surface area contributed by atoms with Crippen LogP contribution < -0.4 is 16.2 Å². The third-order valence-corrected chi connectivity index (χ3v) is 3.16. The molecule has 3 N–H and O–H groups in total. The van der Waals surface area contributed by atoms with Crippen molar-refractivity contribution in [1.29, 1.82) is 0 Å². The van der Waals surface area contributed by atoms with Crippen molar-refractivity contribution in [2.75, 3.05) is 0 Å². The summed E-state index contributed by atoms with van der Waals surface area (Å²) in [6.07, 6.45) is 2.63. The molecule has 112 valence electrons. The first-order chi connectivity index (χ1) is 10.0. The van der Waals surface area contributed by atoms with Gasteiger partial charge in [0.15, 0.2) is 0 Å². The van der Waals surface area contributed by atoms with Crippen LogP contribution in [0.1, 0.15) is 30.4 Å². The SMILES string of the molecule is Cc1cccc(CCC(=O)NNC(=O)C(=O)NC2CC2)c1. The lowest BCUT2D eigenvalue weighted by atomic mass is 10.1. The Labute approximate surface area is 123 Å². The summed E-state index contributed by atoms with van der Waals surface area (Å²) in [4.78, 5) is 34.3. The molecule has 1 aliphatic carbocycles. The Morgan fingerprint density at radius 3 is 2.57 bits per heavy atom. The second-order valence-corrected chi connectivity index (χ2v) is 5.24. The van der Waals surface area contributed by atoms with E-state index in [1.807, 2.05) is 31.2 Å². The smallest absolute Gasteiger partial charge is 0.327 e. The monoisotopic (exact) mass is 289 g/mol. The molecule has 0 aromatic heterocycles. The fourth-order valence-electron chi connectivity index (χ4n) is 1.85. The molecule has 0 spiro atoms. The van der Waals surface area contributed by atoms with Crippen molar-refractivity contribution in [3.05, 3.63) is 35.4 Å². The minimum atomic E-state index is -0.842. The van der Waals surface area contributed by atoms with Crippen molar-refractivity contribution in [2.45, 2.75) is 38.6 Å². The van der Waals surface area contributed by atoms with E-state index in [4.69, 9.17) is 0 Å². The second-order valence-electron chi connectivity index (χ2n) is 5.24. The van der Waals surface area contributed by atoms with Crippen LogP contribution in [0.25, 0.3) is 0 Å². The van der Waals surface area contributed by atoms with E-state index < -0.39 is 11.8 Å². The van der Waals surface area contributed by atoms with Gasteiger partial charge in [-0.1, -0.05) is 29.8 Å². The third-order valence-electron chi connectivity index (χ3n) is 3.16. The summed E-state index contributed by atoms with van der Waals surface area (Å²) in [5.41, 5.74) is 6.55. The maximum atomic E-state index is 11.6. The molecular formula is C15H19N3O3. The molecule has 0 bridgehead atoms. The Morgan fingerprint density at radius 2 is 1.90 bits per heavy atom. The average molecular weight is 289 g/mol. The van der Waals surface area contributed by atoms with Crippen LogP contribution in [0.5, 0.6) is 0 Å². The summed E-state index contributed by atoms with van der Waals surface area (Å²) >= 11 is 0. The topological polar surface area (TPSA) is 87.3 Å². The third kappa shape index (κ3) is 5.25. The number of amides is 3. The number of hydrazine groups is 1. The van der Waals surface area contributed by atoms with E-state index >= 15 is 0 Å². The summed E-state index contributed by atoms with van der Waals surface area (Å²) in [7, 11) is 0. The first-order valence-electron chi connectivity index (χ1n) is 7.00. The van der Waals surface area contributed by atoms with Crippen LogP contribution in [0.15, 0.2) is 24.3 Å². The summed E-state index contributed by atoms with van der Waals surface area (Å²) in [5.74, 6) is -1.88. The molecule has 0 atom stereocenters. The van der Waals surface area contributed by atoms with Crippen LogP contribution >= 0.6 is 0 Å². The van der Waals surface area contributed by atoms with Gasteiger partial charge in [0.2, 0.25) is 5.91 Å². The molecule has 0 radical (unpaired) electrons. The Balaban J connectivity index is 1.67. The molecule has 1 fully saturated rings. The highest BCUT2D eigenvalue weighted by atomic mass is 16.2. The maximum absolute atomic E-state index is 11.6. The molecule has 3 amide bonds. The van der Waals surface area contributed by atoms with E-state index in [0.717, 1.165) is 24.0 Å². The second kappa shape index (κ2) is 6.88. The van der Waals surface area contributed by atoms with Crippen LogP contribution in [0, 0.1) is 6.92 Å². The molecule has 6 nitrogen and oxygen atoms in total. The van der Waals surface area contributed by atoms with Gasteiger partial charge in [-0.25, -0.2) is 0 Å². The van der Waals surface area contributed by atoms with E-state index in [9.17, 15) is 14.4 Å². The standard InChI is InChI=1S/C15H19N3O3/c1-10-3-2-4-11(9-10)5-8-13(19)17-18-15(21)14(20)16-12-6-7-12/h2-4,9,12H,5-8H2,1H3,(H,16,20)(H,17,19)(H,18,21). The molecule has 0 unspecified atom stereocenters. The number of rotatable bonds is 4. The van der Waals surface area contributed by atoms with Gasteiger partial charge in [0, 0.05) is 12.5 Å². The number of nitrogens with one attached hydrogen (secondary N) is 3. The molecule has 1 aromatic carbocycles. The lowest BCUT2D eigenvalue weighted by Gasteiger charge is -2.07. The number of hydrogen-bond acceptors (Lipinski definition) is 3. The summed E-state index contributed by atoms with van der Waals surface area (Å²) < 4.78 is 0. The number of aryl methyl sites for hydroxylation is 2. The van der Waals surface area contributed by atoms with Crippen LogP contribution in [0.2, 0.25) is 0 Å². The molecule has 1 aromatic rings. The quantitative estimate of drug-likeness (QED) is 0.552. The Hall–Kier alpha value is -2.37. The Morgan fingerprint density at radius 1 is 1.14 bits per heavy atom. The first-order valence-corrected chi connectivity index (χ1v) is 7.00. The summed E-state index contributed by atoms with van der Waals surface area (Å²) in [6, 6.07) is 7.99. The van der Waals surface area contributed by atoms with Crippen LogP contribution in [0.3, 0.4) is 0 Å². The van der Waals surface area contributed by atoms with Crippen molar-refractivity contribution in [3.8, 4) is 0 Å². The Kier molecular flexibility index (Phi) is 4.92.